The minimum Gasteiger partial charge on any atom is -0.355 e. The molecule has 1 amide bonds. The van der Waals surface area contributed by atoms with E-state index in [0.29, 0.717) is 19.2 Å². The quantitative estimate of drug-likeness (QED) is 0.611. The van der Waals surface area contributed by atoms with E-state index < -0.39 is 17.5 Å². The van der Waals surface area contributed by atoms with Gasteiger partial charge < -0.3 is 10.6 Å². The Morgan fingerprint density at radius 2 is 1.79 bits per heavy atom. The van der Waals surface area contributed by atoms with Crippen LogP contribution in [0.4, 0.5) is 13.2 Å². The van der Waals surface area contributed by atoms with Crippen molar-refractivity contribution in [3.8, 4) is 0 Å². The highest BCUT2D eigenvalue weighted by molar-refractivity contribution is 5.80. The number of carbonyl (C=O) groups is 1. The molecule has 0 saturated heterocycles. The molecule has 19 heavy (non-hydrogen) atoms. The average molecular weight is 272 g/mol. The Morgan fingerprint density at radius 3 is 2.47 bits per heavy atom. The van der Waals surface area contributed by atoms with Crippen LogP contribution in [0.5, 0.6) is 0 Å². The minimum atomic E-state index is -1.20. The van der Waals surface area contributed by atoms with E-state index in [1.54, 1.807) is 0 Å². The Balaban J connectivity index is 1.70. The summed E-state index contributed by atoms with van der Waals surface area (Å²) in [6, 6.07) is 1.36. The largest absolute Gasteiger partial charge is 0.355 e. The van der Waals surface area contributed by atoms with Gasteiger partial charge in [-0.05, 0) is 18.9 Å². The Bertz CT molecular complexity index is 475. The molecule has 0 aromatic heterocycles. The predicted molar refractivity (Wildman–Crippen MR) is 63.8 cm³/mol. The normalized spacial score (nSPS) is 14.5. The molecule has 1 aromatic rings. The SMILES string of the molecule is O=C(NCCNCc1cc(F)c(F)cc1F)C1CC1. The second-order valence-electron chi connectivity index (χ2n) is 4.60. The summed E-state index contributed by atoms with van der Waals surface area (Å²) in [7, 11) is 0. The molecule has 0 spiro atoms. The molecule has 6 heteroatoms. The Labute approximate surface area is 109 Å². The topological polar surface area (TPSA) is 41.1 Å². The molecule has 104 valence electrons. The van der Waals surface area contributed by atoms with E-state index >= 15 is 0 Å². The second kappa shape index (κ2) is 6.06. The fourth-order valence-corrected chi connectivity index (χ4v) is 1.69. The molecule has 0 heterocycles. The molecule has 2 rings (SSSR count). The Hall–Kier alpha value is -1.56. The van der Waals surface area contributed by atoms with Crippen LogP contribution in [0.25, 0.3) is 0 Å². The zero-order valence-corrected chi connectivity index (χ0v) is 10.3. The molecule has 2 N–H and O–H groups in total. The van der Waals surface area contributed by atoms with Gasteiger partial charge in [-0.25, -0.2) is 13.2 Å². The van der Waals surface area contributed by atoms with Crippen molar-refractivity contribution in [3.63, 3.8) is 0 Å². The molecule has 3 nitrogen and oxygen atoms in total. The molecule has 0 unspecified atom stereocenters. The van der Waals surface area contributed by atoms with Gasteiger partial charge in [0.1, 0.15) is 5.82 Å². The highest BCUT2D eigenvalue weighted by atomic mass is 19.2. The first-order valence-corrected chi connectivity index (χ1v) is 6.20. The lowest BCUT2D eigenvalue weighted by Crippen LogP contribution is -2.32. The van der Waals surface area contributed by atoms with Crippen LogP contribution in [0.2, 0.25) is 0 Å². The van der Waals surface area contributed by atoms with Gasteiger partial charge in [0.25, 0.3) is 0 Å². The number of halogens is 3. The van der Waals surface area contributed by atoms with Crippen LogP contribution in [0.15, 0.2) is 12.1 Å². The van der Waals surface area contributed by atoms with E-state index in [4.69, 9.17) is 0 Å². The van der Waals surface area contributed by atoms with Gasteiger partial charge in [-0.15, -0.1) is 0 Å². The standard InChI is InChI=1S/C13H15F3N2O/c14-10-6-12(16)11(15)5-9(10)7-17-3-4-18-13(19)8-1-2-8/h5-6,8,17H,1-4,7H2,(H,18,19). The molecular formula is C13H15F3N2O. The fourth-order valence-electron chi connectivity index (χ4n) is 1.69. The molecule has 1 aliphatic rings. The first kappa shape index (κ1) is 13.9. The zero-order chi connectivity index (χ0) is 13.8. The highest BCUT2D eigenvalue weighted by Crippen LogP contribution is 2.28. The fraction of sp³-hybridized carbons (Fsp3) is 0.462. The summed E-state index contributed by atoms with van der Waals surface area (Å²) in [5, 5.41) is 5.60. The number of carbonyl (C=O) groups excluding carboxylic acids is 1. The lowest BCUT2D eigenvalue weighted by atomic mass is 10.2. The van der Waals surface area contributed by atoms with Crippen molar-refractivity contribution < 1.29 is 18.0 Å². The monoisotopic (exact) mass is 272 g/mol. The number of benzene rings is 1. The van der Waals surface area contributed by atoms with Crippen LogP contribution in [0.3, 0.4) is 0 Å². The molecule has 1 saturated carbocycles. The number of amides is 1. The number of nitrogens with one attached hydrogen (secondary N) is 2. The molecule has 1 aromatic carbocycles. The number of rotatable bonds is 6. The Kier molecular flexibility index (Phi) is 4.42. The number of hydrogen-bond acceptors (Lipinski definition) is 2. The third-order valence-electron chi connectivity index (χ3n) is 2.95. The lowest BCUT2D eigenvalue weighted by Gasteiger charge is -2.07. The maximum Gasteiger partial charge on any atom is 0.223 e. The lowest BCUT2D eigenvalue weighted by molar-refractivity contribution is -0.122. The van der Waals surface area contributed by atoms with Gasteiger partial charge in [-0.1, -0.05) is 0 Å². The van der Waals surface area contributed by atoms with Crippen LogP contribution < -0.4 is 10.6 Å². The van der Waals surface area contributed by atoms with E-state index in [-0.39, 0.29) is 23.9 Å². The first-order valence-electron chi connectivity index (χ1n) is 6.20. The second-order valence-corrected chi connectivity index (χ2v) is 4.60. The Morgan fingerprint density at radius 1 is 1.11 bits per heavy atom. The van der Waals surface area contributed by atoms with Gasteiger partial charge >= 0.3 is 0 Å². The van der Waals surface area contributed by atoms with Crippen LogP contribution in [-0.4, -0.2) is 19.0 Å². The summed E-state index contributed by atoms with van der Waals surface area (Å²) >= 11 is 0. The molecule has 0 radical (unpaired) electrons. The maximum absolute atomic E-state index is 13.3. The summed E-state index contributed by atoms with van der Waals surface area (Å²) < 4.78 is 38.9. The van der Waals surface area contributed by atoms with Crippen molar-refractivity contribution in [1.29, 1.82) is 0 Å². The first-order chi connectivity index (χ1) is 9.08. The maximum atomic E-state index is 13.3. The smallest absolute Gasteiger partial charge is 0.223 e. The molecule has 1 aliphatic carbocycles. The summed E-state index contributed by atoms with van der Waals surface area (Å²) in [6.07, 6.45) is 1.89. The molecule has 0 aliphatic heterocycles. The van der Waals surface area contributed by atoms with Crippen LogP contribution in [0, 0.1) is 23.4 Å². The third-order valence-corrected chi connectivity index (χ3v) is 2.95. The highest BCUT2D eigenvalue weighted by Gasteiger charge is 2.28. The van der Waals surface area contributed by atoms with Gasteiger partial charge in [-0.2, -0.15) is 0 Å². The molecule has 0 atom stereocenters. The van der Waals surface area contributed by atoms with Crippen LogP contribution in [0.1, 0.15) is 18.4 Å². The molecule has 0 bridgehead atoms. The van der Waals surface area contributed by atoms with Gasteiger partial charge in [0.2, 0.25) is 5.91 Å². The van der Waals surface area contributed by atoms with Gasteiger partial charge in [0, 0.05) is 37.2 Å². The van der Waals surface area contributed by atoms with E-state index in [2.05, 4.69) is 10.6 Å². The van der Waals surface area contributed by atoms with E-state index in [1.165, 1.54) is 0 Å². The minimum absolute atomic E-state index is 0.0424. The predicted octanol–water partition coefficient (Wildman–Crippen LogP) is 1.72. The van der Waals surface area contributed by atoms with Crippen molar-refractivity contribution in [2.45, 2.75) is 19.4 Å². The molecule has 1 fully saturated rings. The van der Waals surface area contributed by atoms with Crippen molar-refractivity contribution in [2.75, 3.05) is 13.1 Å². The molecular weight excluding hydrogens is 257 g/mol. The third kappa shape index (κ3) is 3.96. The van der Waals surface area contributed by atoms with Crippen LogP contribution >= 0.6 is 0 Å². The van der Waals surface area contributed by atoms with E-state index in [1.807, 2.05) is 0 Å². The summed E-state index contributed by atoms with van der Waals surface area (Å²) in [5.74, 6) is -2.85. The number of hydrogen-bond donors (Lipinski definition) is 2. The van der Waals surface area contributed by atoms with Gasteiger partial charge in [-0.3, -0.25) is 4.79 Å². The van der Waals surface area contributed by atoms with Crippen molar-refractivity contribution in [3.05, 3.63) is 35.1 Å². The van der Waals surface area contributed by atoms with E-state index in [0.717, 1.165) is 18.9 Å². The summed E-state index contributed by atoms with van der Waals surface area (Å²) in [4.78, 5) is 11.3. The summed E-state index contributed by atoms with van der Waals surface area (Å²) in [5.41, 5.74) is 0.0624. The van der Waals surface area contributed by atoms with E-state index in [9.17, 15) is 18.0 Å². The van der Waals surface area contributed by atoms with Gasteiger partial charge in [0.15, 0.2) is 11.6 Å². The van der Waals surface area contributed by atoms with Crippen molar-refractivity contribution >= 4 is 5.91 Å². The zero-order valence-electron chi connectivity index (χ0n) is 10.3. The van der Waals surface area contributed by atoms with Crippen molar-refractivity contribution in [2.24, 2.45) is 5.92 Å². The van der Waals surface area contributed by atoms with Crippen LogP contribution in [-0.2, 0) is 11.3 Å². The van der Waals surface area contributed by atoms with Crippen molar-refractivity contribution in [1.82, 2.24) is 10.6 Å². The summed E-state index contributed by atoms with van der Waals surface area (Å²) in [6.45, 7) is 0.958. The average Bonchev–Trinajstić information content (AvgIpc) is 3.18. The van der Waals surface area contributed by atoms with Gasteiger partial charge in [0.05, 0.1) is 0 Å².